The Hall–Kier alpha value is -3.00. The Morgan fingerprint density at radius 2 is 1.32 bits per heavy atom. The summed E-state index contributed by atoms with van der Waals surface area (Å²) in [6, 6.07) is 34.8. The maximum absolute atomic E-state index is 11.5. The third kappa shape index (κ3) is 4.69. The van der Waals surface area contributed by atoms with E-state index in [1.807, 2.05) is 6.08 Å². The average Bonchev–Trinajstić information content (AvgIpc) is 3.30. The highest BCUT2D eigenvalue weighted by Gasteiger charge is 2.45. The van der Waals surface area contributed by atoms with Crippen molar-refractivity contribution >= 4 is 46.6 Å². The van der Waals surface area contributed by atoms with Crippen LogP contribution in [0, 0.1) is 0 Å². The maximum Gasteiger partial charge on any atom is 0.330 e. The minimum atomic E-state index is -1.91. The molecule has 0 atom stereocenters. The van der Waals surface area contributed by atoms with Gasteiger partial charge in [0.1, 0.15) is 23.2 Å². The van der Waals surface area contributed by atoms with E-state index < -0.39 is 7.26 Å². The zero-order valence-electron chi connectivity index (χ0n) is 17.3. The molecular weight excluding hydrogens is 419 g/mol. The van der Waals surface area contributed by atoms with Crippen LogP contribution in [-0.2, 0) is 15.7 Å². The van der Waals surface area contributed by atoms with Crippen LogP contribution in [-0.4, -0.2) is 13.1 Å². The van der Waals surface area contributed by atoms with Gasteiger partial charge in [-0.15, -0.1) is 11.3 Å². The largest absolute Gasteiger partial charge is 0.466 e. The van der Waals surface area contributed by atoms with Crippen LogP contribution in [0.2, 0.25) is 0 Å². The summed E-state index contributed by atoms with van der Waals surface area (Å²) in [6.07, 6.45) is 4.23. The van der Waals surface area contributed by atoms with Crippen molar-refractivity contribution in [2.24, 2.45) is 0 Å². The Bertz CT molecular complexity index is 1050. The van der Waals surface area contributed by atoms with Crippen molar-refractivity contribution in [2.45, 2.75) is 6.16 Å². The summed E-state index contributed by atoms with van der Waals surface area (Å²) in [5, 5.41) is 6.31. The summed E-state index contributed by atoms with van der Waals surface area (Å²) in [5.41, 5.74) is 1.28. The second-order valence-corrected chi connectivity index (χ2v) is 11.6. The molecule has 1 heterocycles. The molecule has 0 aliphatic rings. The fourth-order valence-corrected chi connectivity index (χ4v) is 8.97. The molecule has 2 nitrogen and oxygen atoms in total. The molecule has 0 fully saturated rings. The Morgan fingerprint density at radius 1 is 0.839 bits per heavy atom. The molecular formula is C27H24O2PS+. The molecule has 0 aliphatic carbocycles. The number of methoxy groups -OCH3 is 1. The molecule has 154 valence electrons. The van der Waals surface area contributed by atoms with E-state index in [-0.39, 0.29) is 5.97 Å². The SMILES string of the molecule is COC(=O)/C=C/c1cc(C[P+](c2ccccc2)(c2ccccc2)c2ccccc2)cs1. The van der Waals surface area contributed by atoms with Gasteiger partial charge in [0, 0.05) is 16.5 Å². The van der Waals surface area contributed by atoms with Gasteiger partial charge < -0.3 is 4.74 Å². The normalized spacial score (nSPS) is 11.5. The molecule has 0 bridgehead atoms. The van der Waals surface area contributed by atoms with Crippen LogP contribution in [0.5, 0.6) is 0 Å². The van der Waals surface area contributed by atoms with E-state index in [4.69, 9.17) is 4.74 Å². The van der Waals surface area contributed by atoms with E-state index in [0.29, 0.717) is 0 Å². The summed E-state index contributed by atoms with van der Waals surface area (Å²) in [4.78, 5) is 12.5. The molecule has 0 radical (unpaired) electrons. The first-order valence-electron chi connectivity index (χ1n) is 10.1. The van der Waals surface area contributed by atoms with Gasteiger partial charge in [0.25, 0.3) is 0 Å². The topological polar surface area (TPSA) is 26.3 Å². The van der Waals surface area contributed by atoms with Gasteiger partial charge in [0.2, 0.25) is 0 Å². The average molecular weight is 444 g/mol. The summed E-state index contributed by atoms with van der Waals surface area (Å²) in [5.74, 6) is -0.338. The van der Waals surface area contributed by atoms with Crippen LogP contribution >= 0.6 is 18.6 Å². The Morgan fingerprint density at radius 3 is 1.77 bits per heavy atom. The number of esters is 1. The van der Waals surface area contributed by atoms with Crippen molar-refractivity contribution in [1.82, 2.24) is 0 Å². The van der Waals surface area contributed by atoms with Gasteiger partial charge in [-0.25, -0.2) is 4.79 Å². The Balaban J connectivity index is 1.84. The molecule has 3 aromatic carbocycles. The lowest BCUT2D eigenvalue weighted by Crippen LogP contribution is -2.32. The van der Waals surface area contributed by atoms with Crippen molar-refractivity contribution in [1.29, 1.82) is 0 Å². The predicted octanol–water partition coefficient (Wildman–Crippen LogP) is 5.43. The highest BCUT2D eigenvalue weighted by Crippen LogP contribution is 2.58. The Labute approximate surface area is 188 Å². The number of rotatable bonds is 7. The zero-order valence-corrected chi connectivity index (χ0v) is 19.1. The molecule has 1 aromatic heterocycles. The fraction of sp³-hybridized carbons (Fsp3) is 0.0741. The minimum absolute atomic E-state index is 0.338. The standard InChI is InChI=1S/C27H24O2PS/c1-29-27(28)18-17-26-19-22(21-31-26)20-30(23-11-5-2-6-12-23,24-13-7-3-8-14-24)25-15-9-4-10-16-25/h2-19,21H,20H2,1H3/q+1/b18-17+. The van der Waals surface area contributed by atoms with Crippen LogP contribution in [0.25, 0.3) is 6.08 Å². The molecule has 0 N–H and O–H groups in total. The molecule has 0 amide bonds. The van der Waals surface area contributed by atoms with E-state index in [9.17, 15) is 4.79 Å². The van der Waals surface area contributed by atoms with Gasteiger partial charge in [0.05, 0.1) is 13.3 Å². The monoisotopic (exact) mass is 443 g/mol. The fourth-order valence-electron chi connectivity index (χ4n) is 3.83. The first kappa shape index (κ1) is 21.2. The molecule has 4 heteroatoms. The van der Waals surface area contributed by atoms with Crippen LogP contribution in [0.15, 0.2) is 109 Å². The maximum atomic E-state index is 11.5. The van der Waals surface area contributed by atoms with E-state index in [1.54, 1.807) is 11.3 Å². The minimum Gasteiger partial charge on any atom is -0.466 e. The second-order valence-electron chi connectivity index (χ2n) is 7.19. The van der Waals surface area contributed by atoms with E-state index >= 15 is 0 Å². The van der Waals surface area contributed by atoms with Crippen LogP contribution < -0.4 is 15.9 Å². The number of thiophene rings is 1. The molecule has 0 spiro atoms. The summed E-state index contributed by atoms with van der Waals surface area (Å²) >= 11 is 1.65. The lowest BCUT2D eigenvalue weighted by atomic mass is 10.3. The van der Waals surface area contributed by atoms with E-state index in [1.165, 1.54) is 34.7 Å². The van der Waals surface area contributed by atoms with Gasteiger partial charge in [-0.2, -0.15) is 0 Å². The van der Waals surface area contributed by atoms with Gasteiger partial charge in [-0.1, -0.05) is 54.6 Å². The quantitative estimate of drug-likeness (QED) is 0.216. The number of hydrogen-bond donors (Lipinski definition) is 0. The van der Waals surface area contributed by atoms with E-state index in [0.717, 1.165) is 11.0 Å². The summed E-state index contributed by atoms with van der Waals surface area (Å²) < 4.78 is 4.72. The zero-order chi connectivity index (χ0) is 21.5. The number of carbonyl (C=O) groups excluding carboxylic acids is 1. The summed E-state index contributed by atoms with van der Waals surface area (Å²) in [6.45, 7) is 0. The number of ether oxygens (including phenoxy) is 1. The second kappa shape index (κ2) is 9.87. The summed E-state index contributed by atoms with van der Waals surface area (Å²) in [7, 11) is -0.521. The number of benzene rings is 3. The third-order valence-electron chi connectivity index (χ3n) is 5.27. The van der Waals surface area contributed by atoms with Crippen molar-refractivity contribution in [3.8, 4) is 0 Å². The molecule has 4 aromatic rings. The number of hydrogen-bond acceptors (Lipinski definition) is 3. The van der Waals surface area contributed by atoms with Gasteiger partial charge in [0.15, 0.2) is 0 Å². The smallest absolute Gasteiger partial charge is 0.330 e. The molecule has 0 saturated carbocycles. The van der Waals surface area contributed by atoms with Crippen molar-refractivity contribution in [3.05, 3.63) is 119 Å². The third-order valence-corrected chi connectivity index (χ3v) is 10.6. The Kier molecular flexibility index (Phi) is 6.76. The highest BCUT2D eigenvalue weighted by molar-refractivity contribution is 7.95. The van der Waals surface area contributed by atoms with Crippen molar-refractivity contribution in [2.75, 3.05) is 7.11 Å². The van der Waals surface area contributed by atoms with Crippen molar-refractivity contribution in [3.63, 3.8) is 0 Å². The van der Waals surface area contributed by atoms with Crippen LogP contribution in [0.4, 0.5) is 0 Å². The molecule has 0 aliphatic heterocycles. The highest BCUT2D eigenvalue weighted by atomic mass is 32.1. The van der Waals surface area contributed by atoms with Gasteiger partial charge >= 0.3 is 5.97 Å². The van der Waals surface area contributed by atoms with Crippen LogP contribution in [0.1, 0.15) is 10.4 Å². The lowest BCUT2D eigenvalue weighted by molar-refractivity contribution is -0.134. The van der Waals surface area contributed by atoms with Gasteiger partial charge in [-0.05, 0) is 53.9 Å². The van der Waals surface area contributed by atoms with E-state index in [2.05, 4.69) is 102 Å². The number of carbonyl (C=O) groups is 1. The molecule has 4 rings (SSSR count). The first-order chi connectivity index (χ1) is 15.2. The molecule has 0 unspecified atom stereocenters. The molecule has 0 saturated heterocycles. The first-order valence-corrected chi connectivity index (χ1v) is 13.0. The van der Waals surface area contributed by atoms with Gasteiger partial charge in [-0.3, -0.25) is 0 Å². The lowest BCUT2D eigenvalue weighted by Gasteiger charge is -2.27. The molecule has 31 heavy (non-hydrogen) atoms. The van der Waals surface area contributed by atoms with Crippen LogP contribution in [0.3, 0.4) is 0 Å². The van der Waals surface area contributed by atoms with Crippen molar-refractivity contribution < 1.29 is 9.53 Å². The predicted molar refractivity (Wildman–Crippen MR) is 134 cm³/mol.